The van der Waals surface area contributed by atoms with Crippen LogP contribution in [0.3, 0.4) is 0 Å². The molecule has 4 aromatic rings. The Bertz CT molecular complexity index is 1240. The van der Waals surface area contributed by atoms with Crippen LogP contribution in [-0.2, 0) is 11.4 Å². The summed E-state index contributed by atoms with van der Waals surface area (Å²) in [5.41, 5.74) is 5.44. The molecule has 0 radical (unpaired) electrons. The van der Waals surface area contributed by atoms with E-state index in [2.05, 4.69) is 34.6 Å². The zero-order valence-electron chi connectivity index (χ0n) is 17.1. The van der Waals surface area contributed by atoms with Crippen molar-refractivity contribution in [2.75, 3.05) is 6.54 Å². The van der Waals surface area contributed by atoms with Crippen molar-refractivity contribution in [1.29, 1.82) is 0 Å². The van der Waals surface area contributed by atoms with Gasteiger partial charge in [0, 0.05) is 5.39 Å². The van der Waals surface area contributed by atoms with Crippen LogP contribution in [0, 0.1) is 0 Å². The molecule has 0 aliphatic rings. The first-order chi connectivity index (χ1) is 15.6. The Hall–Kier alpha value is -4.23. The predicted octanol–water partition coefficient (Wildman–Crippen LogP) is 3.72. The van der Waals surface area contributed by atoms with Crippen LogP contribution in [0.15, 0.2) is 84.9 Å². The Morgan fingerprint density at radius 2 is 1.59 bits per heavy atom. The first kappa shape index (κ1) is 21.0. The van der Waals surface area contributed by atoms with Crippen molar-refractivity contribution in [2.45, 2.75) is 6.61 Å². The van der Waals surface area contributed by atoms with Crippen molar-refractivity contribution in [2.24, 2.45) is 0 Å². The van der Waals surface area contributed by atoms with E-state index in [9.17, 15) is 9.59 Å². The lowest BCUT2D eigenvalue weighted by Crippen LogP contribution is -2.35. The van der Waals surface area contributed by atoms with E-state index in [1.54, 1.807) is 18.2 Å². The molecule has 7 nitrogen and oxygen atoms in total. The van der Waals surface area contributed by atoms with Crippen molar-refractivity contribution in [3.63, 3.8) is 0 Å². The van der Waals surface area contributed by atoms with Gasteiger partial charge in [-0.25, -0.2) is 10.5 Å². The number of hydrogen-bond acceptors (Lipinski definition) is 5. The monoisotopic (exact) mass is 427 g/mol. The first-order valence-corrected chi connectivity index (χ1v) is 10.0. The maximum absolute atomic E-state index is 12.3. The van der Waals surface area contributed by atoms with E-state index in [-0.39, 0.29) is 12.2 Å². The number of fused-ring (bicyclic) bond motifs is 1. The molecule has 0 fully saturated rings. The van der Waals surface area contributed by atoms with E-state index in [4.69, 9.17) is 9.94 Å². The van der Waals surface area contributed by atoms with Crippen molar-refractivity contribution in [1.82, 2.24) is 15.8 Å². The molecule has 32 heavy (non-hydrogen) atoms. The Kier molecular flexibility index (Phi) is 6.38. The van der Waals surface area contributed by atoms with E-state index < -0.39 is 11.8 Å². The van der Waals surface area contributed by atoms with Gasteiger partial charge in [0.15, 0.2) is 0 Å². The molecule has 1 aromatic heterocycles. The molecular formula is C25H21N3O4. The van der Waals surface area contributed by atoms with Gasteiger partial charge >= 0.3 is 0 Å². The fourth-order valence-corrected chi connectivity index (χ4v) is 3.24. The molecule has 0 spiro atoms. The van der Waals surface area contributed by atoms with Gasteiger partial charge in [-0.3, -0.25) is 14.8 Å². The van der Waals surface area contributed by atoms with Crippen LogP contribution < -0.4 is 15.5 Å². The number of carbonyl (C=O) groups is 2. The largest absolute Gasteiger partial charge is 0.487 e. The van der Waals surface area contributed by atoms with E-state index in [1.165, 1.54) is 5.48 Å². The number of pyridine rings is 1. The number of aromatic nitrogens is 1. The van der Waals surface area contributed by atoms with Gasteiger partial charge in [0.2, 0.25) is 0 Å². The van der Waals surface area contributed by atoms with Gasteiger partial charge in [0.1, 0.15) is 23.6 Å². The maximum Gasteiger partial charge on any atom is 0.270 e. The number of rotatable bonds is 7. The highest BCUT2D eigenvalue weighted by atomic mass is 16.5. The van der Waals surface area contributed by atoms with Crippen LogP contribution in [0.2, 0.25) is 0 Å². The molecule has 2 amide bonds. The van der Waals surface area contributed by atoms with Gasteiger partial charge in [-0.1, -0.05) is 72.8 Å². The number of carbonyl (C=O) groups excluding carboxylic acids is 2. The lowest BCUT2D eigenvalue weighted by molar-refractivity contribution is -0.128. The quantitative estimate of drug-likeness (QED) is 0.308. The summed E-state index contributed by atoms with van der Waals surface area (Å²) in [6.07, 6.45) is 0. The topological polar surface area (TPSA) is 101 Å². The number of amides is 2. The summed E-state index contributed by atoms with van der Waals surface area (Å²) in [5.74, 6) is -0.694. The second-order valence-electron chi connectivity index (χ2n) is 7.09. The Labute approximate surface area is 184 Å². The number of nitrogens with one attached hydrogen (secondary N) is 2. The Morgan fingerprint density at radius 1 is 0.844 bits per heavy atom. The van der Waals surface area contributed by atoms with Crippen molar-refractivity contribution in [3.05, 3.63) is 96.2 Å². The average Bonchev–Trinajstić information content (AvgIpc) is 2.86. The van der Waals surface area contributed by atoms with Crippen molar-refractivity contribution in [3.8, 4) is 16.9 Å². The highest BCUT2D eigenvalue weighted by molar-refractivity contribution is 5.97. The highest BCUT2D eigenvalue weighted by Gasteiger charge is 2.12. The molecule has 0 aliphatic heterocycles. The minimum absolute atomic E-state index is 0.145. The maximum atomic E-state index is 12.3. The molecule has 0 unspecified atom stereocenters. The first-order valence-electron chi connectivity index (χ1n) is 10.0. The van der Waals surface area contributed by atoms with Crippen LogP contribution in [0.5, 0.6) is 5.75 Å². The molecular weight excluding hydrogens is 406 g/mol. The third-order valence-electron chi connectivity index (χ3n) is 4.91. The van der Waals surface area contributed by atoms with Crippen LogP contribution in [0.4, 0.5) is 0 Å². The average molecular weight is 427 g/mol. The Balaban J connectivity index is 1.49. The molecule has 160 valence electrons. The van der Waals surface area contributed by atoms with Gasteiger partial charge < -0.3 is 10.1 Å². The lowest BCUT2D eigenvalue weighted by Gasteiger charge is -2.11. The number of hydroxylamine groups is 1. The predicted molar refractivity (Wildman–Crippen MR) is 120 cm³/mol. The lowest BCUT2D eigenvalue weighted by atomic mass is 10.0. The third-order valence-corrected chi connectivity index (χ3v) is 4.91. The van der Waals surface area contributed by atoms with E-state index in [0.29, 0.717) is 17.9 Å². The van der Waals surface area contributed by atoms with Crippen LogP contribution in [0.1, 0.15) is 16.1 Å². The summed E-state index contributed by atoms with van der Waals surface area (Å²) in [4.78, 5) is 27.8. The normalized spacial score (nSPS) is 10.5. The zero-order valence-corrected chi connectivity index (χ0v) is 17.1. The minimum atomic E-state index is -0.721. The molecule has 0 saturated carbocycles. The molecule has 3 N–H and O–H groups in total. The fourth-order valence-electron chi connectivity index (χ4n) is 3.24. The molecule has 0 atom stereocenters. The van der Waals surface area contributed by atoms with Crippen LogP contribution >= 0.6 is 0 Å². The molecule has 0 aliphatic carbocycles. The molecule has 3 aromatic carbocycles. The summed E-state index contributed by atoms with van der Waals surface area (Å²) in [6, 6.07) is 27.2. The number of nitrogens with zero attached hydrogens (tertiary/aromatic N) is 1. The van der Waals surface area contributed by atoms with Gasteiger partial charge in [0.25, 0.3) is 11.8 Å². The van der Waals surface area contributed by atoms with Gasteiger partial charge in [-0.2, -0.15) is 0 Å². The second kappa shape index (κ2) is 9.72. The van der Waals surface area contributed by atoms with E-state index >= 15 is 0 Å². The zero-order chi connectivity index (χ0) is 22.3. The van der Waals surface area contributed by atoms with Crippen molar-refractivity contribution < 1.29 is 19.5 Å². The summed E-state index contributed by atoms with van der Waals surface area (Å²) >= 11 is 0. The fraction of sp³-hybridized carbons (Fsp3) is 0.0800. The number of hydrogen-bond donors (Lipinski definition) is 3. The van der Waals surface area contributed by atoms with Crippen LogP contribution in [0.25, 0.3) is 22.0 Å². The summed E-state index contributed by atoms with van der Waals surface area (Å²) < 4.78 is 6.01. The molecule has 0 bridgehead atoms. The van der Waals surface area contributed by atoms with E-state index in [0.717, 1.165) is 22.1 Å². The number of ether oxygens (including phenoxy) is 1. The standard InChI is InChI=1S/C25H21N3O4/c29-23(28-31)15-26-25(30)21-14-13-20-7-4-8-22(24(20)27-21)32-16-17-9-11-19(12-10-17)18-5-2-1-3-6-18/h1-14,31H,15-16H2,(H,26,30)(H,28,29). The highest BCUT2D eigenvalue weighted by Crippen LogP contribution is 2.25. The molecule has 0 saturated heterocycles. The molecule has 7 heteroatoms. The van der Waals surface area contributed by atoms with E-state index in [1.807, 2.05) is 42.5 Å². The smallest absolute Gasteiger partial charge is 0.270 e. The summed E-state index contributed by atoms with van der Waals surface area (Å²) in [5, 5.41) is 11.8. The Morgan fingerprint density at radius 3 is 2.34 bits per heavy atom. The number of para-hydroxylation sites is 1. The third kappa shape index (κ3) is 4.91. The van der Waals surface area contributed by atoms with Crippen molar-refractivity contribution >= 4 is 22.7 Å². The summed E-state index contributed by atoms with van der Waals surface area (Å²) in [7, 11) is 0. The summed E-state index contributed by atoms with van der Waals surface area (Å²) in [6.45, 7) is -0.00483. The van der Waals surface area contributed by atoms with Gasteiger partial charge in [-0.05, 0) is 28.8 Å². The molecule has 4 rings (SSSR count). The molecule has 1 heterocycles. The SMILES string of the molecule is O=C(CNC(=O)c1ccc2cccc(OCc3ccc(-c4ccccc4)cc3)c2n1)NO. The van der Waals surface area contributed by atoms with Gasteiger partial charge in [0.05, 0.1) is 6.54 Å². The van der Waals surface area contributed by atoms with Crippen LogP contribution in [-0.4, -0.2) is 28.6 Å². The van der Waals surface area contributed by atoms with Gasteiger partial charge in [-0.15, -0.1) is 0 Å². The minimum Gasteiger partial charge on any atom is -0.487 e. The second-order valence-corrected chi connectivity index (χ2v) is 7.09. The number of benzene rings is 3.